The van der Waals surface area contributed by atoms with E-state index >= 15 is 0 Å². The molecule has 7 heteroatoms. The van der Waals surface area contributed by atoms with Crippen LogP contribution >= 0.6 is 15.9 Å². The average Bonchev–Trinajstić information content (AvgIpc) is 3.45. The molecule has 0 spiro atoms. The van der Waals surface area contributed by atoms with E-state index in [1.165, 1.54) is 12.1 Å². The van der Waals surface area contributed by atoms with Crippen molar-refractivity contribution in [1.29, 1.82) is 0 Å². The van der Waals surface area contributed by atoms with Gasteiger partial charge in [-0.25, -0.2) is 0 Å². The van der Waals surface area contributed by atoms with Crippen LogP contribution in [0, 0.1) is 10.1 Å². The molecule has 0 N–H and O–H groups in total. The molecule has 0 fully saturated rings. The van der Waals surface area contributed by atoms with E-state index in [9.17, 15) is 14.9 Å². The van der Waals surface area contributed by atoms with Gasteiger partial charge in [0.15, 0.2) is 0 Å². The molecule has 0 saturated carbocycles. The van der Waals surface area contributed by atoms with Crippen LogP contribution in [0.1, 0.15) is 16.9 Å². The number of nitro benzene ring substituents is 1. The normalized spacial score (nSPS) is 14.4. The van der Waals surface area contributed by atoms with Gasteiger partial charge in [0.2, 0.25) is 0 Å². The van der Waals surface area contributed by atoms with E-state index in [2.05, 4.69) is 15.9 Å². The zero-order valence-electron chi connectivity index (χ0n) is 18.4. The Balaban J connectivity index is 1.48. The molecule has 0 radical (unpaired) electrons. The van der Waals surface area contributed by atoms with Crippen LogP contribution < -0.4 is 0 Å². The third kappa shape index (κ3) is 4.72. The van der Waals surface area contributed by atoms with Crippen molar-refractivity contribution in [1.82, 2.24) is 4.90 Å². The van der Waals surface area contributed by atoms with Crippen LogP contribution in [0.5, 0.6) is 0 Å². The molecule has 172 valence electrons. The van der Waals surface area contributed by atoms with E-state index < -0.39 is 4.92 Å². The van der Waals surface area contributed by atoms with Gasteiger partial charge in [0.25, 0.3) is 11.6 Å². The first-order valence-electron chi connectivity index (χ1n) is 10.9. The molecule has 0 atom stereocenters. The van der Waals surface area contributed by atoms with Gasteiger partial charge in [0, 0.05) is 27.7 Å². The van der Waals surface area contributed by atoms with Crippen LogP contribution in [0.15, 0.2) is 112 Å². The number of benzene rings is 3. The minimum atomic E-state index is -0.448. The number of carbonyl (C=O) groups excluding carboxylic acids is 1. The highest BCUT2D eigenvalue weighted by Gasteiger charge is 2.29. The Bertz CT molecular complexity index is 1470. The molecule has 1 aromatic heterocycles. The maximum absolute atomic E-state index is 13.4. The maximum Gasteiger partial charge on any atom is 0.270 e. The van der Waals surface area contributed by atoms with Gasteiger partial charge in [0.1, 0.15) is 11.5 Å². The molecule has 0 unspecified atom stereocenters. The average molecular weight is 527 g/mol. The Morgan fingerprint density at radius 3 is 2.34 bits per heavy atom. The van der Waals surface area contributed by atoms with Gasteiger partial charge in [-0.2, -0.15) is 0 Å². The van der Waals surface area contributed by atoms with Gasteiger partial charge in [-0.1, -0.05) is 60.7 Å². The van der Waals surface area contributed by atoms with Crippen molar-refractivity contribution in [3.63, 3.8) is 0 Å². The summed E-state index contributed by atoms with van der Waals surface area (Å²) in [7, 11) is 0. The predicted molar refractivity (Wildman–Crippen MR) is 138 cm³/mol. The van der Waals surface area contributed by atoms with Crippen molar-refractivity contribution >= 4 is 39.3 Å². The number of furan rings is 1. The van der Waals surface area contributed by atoms with Gasteiger partial charge < -0.3 is 9.32 Å². The minimum Gasteiger partial charge on any atom is -0.457 e. The third-order valence-corrected chi connectivity index (χ3v) is 6.34. The molecular weight excluding hydrogens is 508 g/mol. The Labute approximate surface area is 210 Å². The Morgan fingerprint density at radius 1 is 0.943 bits per heavy atom. The first-order chi connectivity index (χ1) is 17.0. The summed E-state index contributed by atoms with van der Waals surface area (Å²) < 4.78 is 6.53. The highest BCUT2D eigenvalue weighted by Crippen LogP contribution is 2.35. The monoisotopic (exact) mass is 526 g/mol. The number of hydrogen-bond acceptors (Lipinski definition) is 4. The number of carbonyl (C=O) groups is 1. The fourth-order valence-electron chi connectivity index (χ4n) is 3.97. The van der Waals surface area contributed by atoms with Crippen molar-refractivity contribution in [2.75, 3.05) is 0 Å². The second-order valence-corrected chi connectivity index (χ2v) is 8.85. The molecule has 35 heavy (non-hydrogen) atoms. The SMILES string of the molecule is O=C1/C(=C\c2ccc(-c3ccc([N+](=O)[O-])cc3Br)o2)C=C(c2ccccc2)N1Cc1ccccc1. The summed E-state index contributed by atoms with van der Waals surface area (Å²) in [5.74, 6) is 0.943. The first-order valence-corrected chi connectivity index (χ1v) is 11.7. The lowest BCUT2D eigenvalue weighted by Gasteiger charge is -2.20. The minimum absolute atomic E-state index is 0.0110. The molecular formula is C28H19BrN2O4. The molecule has 5 rings (SSSR count). The summed E-state index contributed by atoms with van der Waals surface area (Å²) >= 11 is 3.38. The summed E-state index contributed by atoms with van der Waals surface area (Å²) in [6, 6.07) is 27.7. The number of non-ortho nitro benzene ring substituents is 1. The second-order valence-electron chi connectivity index (χ2n) is 8.00. The summed E-state index contributed by atoms with van der Waals surface area (Å²) in [5, 5.41) is 11.0. The number of rotatable bonds is 6. The molecule has 3 aromatic carbocycles. The molecule has 0 aliphatic carbocycles. The molecule has 1 amide bonds. The smallest absolute Gasteiger partial charge is 0.270 e. The van der Waals surface area contributed by atoms with Crippen LogP contribution in [0.4, 0.5) is 5.69 Å². The van der Waals surface area contributed by atoms with Gasteiger partial charge in [-0.3, -0.25) is 14.9 Å². The second kappa shape index (κ2) is 9.56. The highest BCUT2D eigenvalue weighted by atomic mass is 79.9. The van der Waals surface area contributed by atoms with Crippen LogP contribution in [-0.2, 0) is 11.3 Å². The molecule has 0 saturated heterocycles. The summed E-state index contributed by atoms with van der Waals surface area (Å²) in [6.45, 7) is 0.455. The van der Waals surface area contributed by atoms with Crippen molar-refractivity contribution in [2.24, 2.45) is 0 Å². The maximum atomic E-state index is 13.4. The van der Waals surface area contributed by atoms with Crippen LogP contribution in [-0.4, -0.2) is 15.7 Å². The quantitative estimate of drug-likeness (QED) is 0.153. The summed E-state index contributed by atoms with van der Waals surface area (Å²) in [6.07, 6.45) is 3.60. The van der Waals surface area contributed by atoms with E-state index in [4.69, 9.17) is 4.42 Å². The van der Waals surface area contributed by atoms with E-state index in [0.717, 1.165) is 16.8 Å². The standard InChI is InChI=1S/C28H19BrN2O4/c29-25-17-22(31(33)34)11-13-24(25)27-14-12-23(35-27)15-21-16-26(20-9-5-2-6-10-20)30(28(21)32)18-19-7-3-1-4-8-19/h1-17H,18H2/b21-15-. The molecule has 0 bridgehead atoms. The van der Waals surface area contributed by atoms with Crippen LogP contribution in [0.3, 0.4) is 0 Å². The summed E-state index contributed by atoms with van der Waals surface area (Å²) in [5.41, 5.74) is 4.01. The number of nitro groups is 1. The lowest BCUT2D eigenvalue weighted by atomic mass is 10.1. The van der Waals surface area contributed by atoms with Crippen molar-refractivity contribution < 1.29 is 14.1 Å². The first kappa shape index (κ1) is 22.6. The van der Waals surface area contributed by atoms with Crippen LogP contribution in [0.25, 0.3) is 23.1 Å². The Morgan fingerprint density at radius 2 is 1.66 bits per heavy atom. The van der Waals surface area contributed by atoms with E-state index in [0.29, 0.717) is 33.7 Å². The van der Waals surface area contributed by atoms with Crippen molar-refractivity contribution in [3.8, 4) is 11.3 Å². The Kier molecular flexibility index (Phi) is 6.16. The molecule has 1 aliphatic rings. The zero-order valence-corrected chi connectivity index (χ0v) is 20.0. The van der Waals surface area contributed by atoms with Gasteiger partial charge >= 0.3 is 0 Å². The molecule has 6 nitrogen and oxygen atoms in total. The van der Waals surface area contributed by atoms with E-state index in [1.807, 2.05) is 66.7 Å². The van der Waals surface area contributed by atoms with Gasteiger partial charge in [0.05, 0.1) is 17.2 Å². The number of nitrogens with zero attached hydrogens (tertiary/aromatic N) is 2. The number of halogens is 1. The van der Waals surface area contributed by atoms with Crippen molar-refractivity contribution in [3.05, 3.63) is 134 Å². The zero-order chi connectivity index (χ0) is 24.4. The highest BCUT2D eigenvalue weighted by molar-refractivity contribution is 9.10. The lowest BCUT2D eigenvalue weighted by Crippen LogP contribution is -2.25. The van der Waals surface area contributed by atoms with E-state index in [-0.39, 0.29) is 11.6 Å². The van der Waals surface area contributed by atoms with Crippen molar-refractivity contribution in [2.45, 2.75) is 6.54 Å². The molecule has 4 aromatic rings. The largest absolute Gasteiger partial charge is 0.457 e. The topological polar surface area (TPSA) is 76.6 Å². The molecule has 1 aliphatic heterocycles. The van der Waals surface area contributed by atoms with Gasteiger partial charge in [-0.15, -0.1) is 0 Å². The fraction of sp³-hybridized carbons (Fsp3) is 0.0357. The van der Waals surface area contributed by atoms with Gasteiger partial charge in [-0.05, 0) is 57.4 Å². The number of hydrogen-bond donors (Lipinski definition) is 0. The van der Waals surface area contributed by atoms with Crippen LogP contribution in [0.2, 0.25) is 0 Å². The lowest BCUT2D eigenvalue weighted by molar-refractivity contribution is -0.384. The number of amides is 1. The molecule has 2 heterocycles. The third-order valence-electron chi connectivity index (χ3n) is 5.68. The fourth-order valence-corrected chi connectivity index (χ4v) is 4.53. The predicted octanol–water partition coefficient (Wildman–Crippen LogP) is 7.08. The van der Waals surface area contributed by atoms with E-state index in [1.54, 1.807) is 29.2 Å². The summed E-state index contributed by atoms with van der Waals surface area (Å²) in [4.78, 5) is 25.8. The Hall–Kier alpha value is -4.23.